The first-order valence-corrected chi connectivity index (χ1v) is 6.91. The minimum atomic E-state index is -1.72. The second kappa shape index (κ2) is 7.20. The number of benzene rings is 1. The van der Waals surface area contributed by atoms with Crippen LogP contribution in [0.4, 0.5) is 0 Å². The molecule has 134 valence electrons. The predicted octanol–water partition coefficient (Wildman–Crippen LogP) is -1.94. The van der Waals surface area contributed by atoms with Gasteiger partial charge in [0.2, 0.25) is 12.0 Å². The monoisotopic (exact) mass is 346 g/mol. The maximum atomic E-state index is 11.4. The maximum Gasteiger partial charge on any atom is 0.338 e. The van der Waals surface area contributed by atoms with Crippen LogP contribution in [0.25, 0.3) is 0 Å². The van der Waals surface area contributed by atoms with Crippen LogP contribution in [0.5, 0.6) is 17.2 Å². The van der Waals surface area contributed by atoms with Crippen LogP contribution in [0.1, 0.15) is 10.4 Å². The first kappa shape index (κ1) is 18.2. The lowest BCUT2D eigenvalue weighted by atomic mass is 9.99. The Kier molecular flexibility index (Phi) is 5.47. The van der Waals surface area contributed by atoms with Crippen molar-refractivity contribution in [2.75, 3.05) is 13.7 Å². The van der Waals surface area contributed by atoms with Gasteiger partial charge in [0, 0.05) is 0 Å². The average molecular weight is 346 g/mol. The van der Waals surface area contributed by atoms with Gasteiger partial charge in [0.15, 0.2) is 11.5 Å². The second-order valence-electron chi connectivity index (χ2n) is 5.15. The van der Waals surface area contributed by atoms with Gasteiger partial charge in [-0.3, -0.25) is 0 Å². The van der Waals surface area contributed by atoms with E-state index >= 15 is 0 Å². The Balaban J connectivity index is 2.25. The smallest absolute Gasteiger partial charge is 0.338 e. The minimum absolute atomic E-state index is 0.145. The van der Waals surface area contributed by atoms with E-state index in [1.54, 1.807) is 0 Å². The van der Waals surface area contributed by atoms with Crippen LogP contribution in [0.3, 0.4) is 0 Å². The van der Waals surface area contributed by atoms with Crippen molar-refractivity contribution in [1.29, 1.82) is 0 Å². The van der Waals surface area contributed by atoms with Crippen molar-refractivity contribution in [1.82, 2.24) is 0 Å². The molecule has 1 saturated heterocycles. The molecular formula is C14H18O10. The van der Waals surface area contributed by atoms with Crippen LogP contribution in [-0.2, 0) is 9.47 Å². The van der Waals surface area contributed by atoms with Crippen molar-refractivity contribution in [3.05, 3.63) is 17.7 Å². The van der Waals surface area contributed by atoms with Gasteiger partial charge in [0.25, 0.3) is 0 Å². The van der Waals surface area contributed by atoms with Crippen molar-refractivity contribution in [2.45, 2.75) is 30.7 Å². The lowest BCUT2D eigenvalue weighted by Crippen LogP contribution is -2.60. The zero-order chi connectivity index (χ0) is 18.0. The summed E-state index contributed by atoms with van der Waals surface area (Å²) >= 11 is 0. The zero-order valence-corrected chi connectivity index (χ0v) is 12.6. The summed E-state index contributed by atoms with van der Waals surface area (Å²) in [6.07, 6.45) is -7.79. The molecule has 0 radical (unpaired) electrons. The molecule has 0 amide bonds. The van der Waals surface area contributed by atoms with Crippen LogP contribution in [-0.4, -0.2) is 81.0 Å². The molecular weight excluding hydrogens is 328 g/mol. The minimum Gasteiger partial charge on any atom is -0.504 e. The van der Waals surface area contributed by atoms with Crippen LogP contribution < -0.4 is 4.74 Å². The van der Waals surface area contributed by atoms with E-state index in [1.165, 1.54) is 0 Å². The van der Waals surface area contributed by atoms with Gasteiger partial charge in [-0.25, -0.2) is 4.79 Å². The number of methoxy groups -OCH3 is 1. The van der Waals surface area contributed by atoms with Crippen molar-refractivity contribution in [2.24, 2.45) is 0 Å². The van der Waals surface area contributed by atoms with E-state index < -0.39 is 60.5 Å². The summed E-state index contributed by atoms with van der Waals surface area (Å²) < 4.78 is 14.7. The molecule has 1 aliphatic rings. The molecule has 0 bridgehead atoms. The largest absolute Gasteiger partial charge is 0.504 e. The zero-order valence-electron chi connectivity index (χ0n) is 12.6. The van der Waals surface area contributed by atoms with Crippen molar-refractivity contribution in [3.63, 3.8) is 0 Å². The summed E-state index contributed by atoms with van der Waals surface area (Å²) in [6, 6.07) is 1.93. The predicted molar refractivity (Wildman–Crippen MR) is 75.5 cm³/mol. The van der Waals surface area contributed by atoms with Crippen LogP contribution in [0.2, 0.25) is 0 Å². The van der Waals surface area contributed by atoms with Crippen LogP contribution in [0, 0.1) is 0 Å². The van der Waals surface area contributed by atoms with Gasteiger partial charge in [0.05, 0.1) is 19.3 Å². The molecule has 0 saturated carbocycles. The summed E-state index contributed by atoms with van der Waals surface area (Å²) in [5.74, 6) is -2.62. The molecule has 0 aromatic heterocycles. The van der Waals surface area contributed by atoms with Gasteiger partial charge in [-0.2, -0.15) is 0 Å². The van der Waals surface area contributed by atoms with E-state index in [0.717, 1.165) is 19.2 Å². The molecule has 0 aliphatic carbocycles. The summed E-state index contributed by atoms with van der Waals surface area (Å²) in [5, 5.41) is 58.1. The molecule has 0 spiro atoms. The van der Waals surface area contributed by atoms with E-state index in [0.29, 0.717) is 0 Å². The molecule has 6 N–H and O–H groups in total. The third-order valence-electron chi connectivity index (χ3n) is 3.55. The third kappa shape index (κ3) is 3.37. The molecule has 24 heavy (non-hydrogen) atoms. The number of rotatable bonds is 4. The molecule has 10 nitrogen and oxygen atoms in total. The molecule has 1 aromatic carbocycles. The number of hydrogen-bond acceptors (Lipinski definition) is 10. The molecule has 1 heterocycles. The lowest BCUT2D eigenvalue weighted by Gasteiger charge is -2.39. The standard InChI is InChI=1S/C14H18O10/c1-22-13(21)5-2-6(16)12(7(17)3-5)24-14-11(20)10(19)9(18)8(4-15)23-14/h2-3,8-11,14-20H,4H2,1H3/t8-,9-,10-,11-,14+/m1/s1. The molecule has 0 unspecified atom stereocenters. The first-order chi connectivity index (χ1) is 11.3. The fourth-order valence-electron chi connectivity index (χ4n) is 2.24. The fourth-order valence-corrected chi connectivity index (χ4v) is 2.24. The number of ether oxygens (including phenoxy) is 3. The average Bonchev–Trinajstić information content (AvgIpc) is 2.56. The first-order valence-electron chi connectivity index (χ1n) is 6.91. The summed E-state index contributed by atoms with van der Waals surface area (Å²) in [7, 11) is 1.12. The highest BCUT2D eigenvalue weighted by molar-refractivity contribution is 5.91. The number of esters is 1. The fraction of sp³-hybridized carbons (Fsp3) is 0.500. The van der Waals surface area contributed by atoms with E-state index in [2.05, 4.69) is 4.74 Å². The van der Waals surface area contributed by atoms with E-state index in [1.807, 2.05) is 0 Å². The SMILES string of the molecule is COC(=O)c1cc(O)c(O[C@@H]2O[C@H](CO)[C@@H](O)[C@@H](O)[C@H]2O)c(O)c1. The Bertz CT molecular complexity index is 578. The quantitative estimate of drug-likeness (QED) is 0.338. The Morgan fingerprint density at radius 1 is 1.12 bits per heavy atom. The topological polar surface area (TPSA) is 166 Å². The normalized spacial score (nSPS) is 30.0. The number of aromatic hydroxyl groups is 2. The van der Waals surface area contributed by atoms with Gasteiger partial charge in [0.1, 0.15) is 24.4 Å². The number of aliphatic hydroxyl groups is 4. The highest BCUT2D eigenvalue weighted by atomic mass is 16.7. The maximum absolute atomic E-state index is 11.4. The lowest BCUT2D eigenvalue weighted by molar-refractivity contribution is -0.277. The molecule has 1 fully saturated rings. The molecule has 2 rings (SSSR count). The van der Waals surface area contributed by atoms with Crippen molar-refractivity contribution < 1.29 is 49.6 Å². The number of carbonyl (C=O) groups is 1. The number of aliphatic hydroxyl groups excluding tert-OH is 4. The number of phenolic OH excluding ortho intramolecular Hbond substituents is 2. The van der Waals surface area contributed by atoms with Gasteiger partial charge in [-0.1, -0.05) is 0 Å². The van der Waals surface area contributed by atoms with Crippen LogP contribution >= 0.6 is 0 Å². The number of carbonyl (C=O) groups excluding carboxylic acids is 1. The van der Waals surface area contributed by atoms with Crippen molar-refractivity contribution >= 4 is 5.97 Å². The number of phenols is 2. The van der Waals surface area contributed by atoms with Gasteiger partial charge in [-0.05, 0) is 12.1 Å². The summed E-state index contributed by atoms with van der Waals surface area (Å²) in [6.45, 7) is -0.663. The molecule has 5 atom stereocenters. The van der Waals surface area contributed by atoms with E-state index in [9.17, 15) is 30.3 Å². The van der Waals surface area contributed by atoms with Gasteiger partial charge < -0.3 is 44.8 Å². The van der Waals surface area contributed by atoms with Crippen LogP contribution in [0.15, 0.2) is 12.1 Å². The van der Waals surface area contributed by atoms with Crippen molar-refractivity contribution in [3.8, 4) is 17.2 Å². The Hall–Kier alpha value is -2.11. The second-order valence-corrected chi connectivity index (χ2v) is 5.15. The Morgan fingerprint density at radius 3 is 2.21 bits per heavy atom. The molecule has 1 aliphatic heterocycles. The van der Waals surface area contributed by atoms with Gasteiger partial charge >= 0.3 is 5.97 Å². The molecule has 10 heteroatoms. The van der Waals surface area contributed by atoms with E-state index in [4.69, 9.17) is 14.6 Å². The Labute approximate surface area is 136 Å². The number of hydrogen-bond donors (Lipinski definition) is 6. The van der Waals surface area contributed by atoms with Gasteiger partial charge in [-0.15, -0.1) is 0 Å². The molecule has 1 aromatic rings. The van der Waals surface area contributed by atoms with E-state index in [-0.39, 0.29) is 5.56 Å². The highest BCUT2D eigenvalue weighted by Crippen LogP contribution is 2.39. The third-order valence-corrected chi connectivity index (χ3v) is 3.55. The summed E-state index contributed by atoms with van der Waals surface area (Å²) in [4.78, 5) is 11.4. The Morgan fingerprint density at radius 2 is 1.71 bits per heavy atom. The highest BCUT2D eigenvalue weighted by Gasteiger charge is 2.45. The summed E-state index contributed by atoms with van der Waals surface area (Å²) in [5.41, 5.74) is -0.145.